The van der Waals surface area contributed by atoms with Gasteiger partial charge in [0.15, 0.2) is 10.8 Å². The monoisotopic (exact) mass is 487 g/mol. The number of anilines is 1. The van der Waals surface area contributed by atoms with Gasteiger partial charge in [-0.25, -0.2) is 9.67 Å². The molecule has 0 atom stereocenters. The van der Waals surface area contributed by atoms with E-state index < -0.39 is 0 Å². The predicted octanol–water partition coefficient (Wildman–Crippen LogP) is 4.31. The van der Waals surface area contributed by atoms with Crippen molar-refractivity contribution in [1.82, 2.24) is 20.0 Å². The van der Waals surface area contributed by atoms with E-state index in [4.69, 9.17) is 0 Å². The standard InChI is InChI=1S/C19H14IN5OS/c20-15-8-6-14(7-9-15)17-12-27-19(21-17)22-18(26)16-11-25(24-23-16)10-13-4-2-1-3-5-13/h1-9,11-12H,10H2,(H,21,22,26). The van der Waals surface area contributed by atoms with Gasteiger partial charge in [-0.1, -0.05) is 47.7 Å². The van der Waals surface area contributed by atoms with Crippen LogP contribution in [0.15, 0.2) is 66.2 Å². The number of hydrogen-bond acceptors (Lipinski definition) is 5. The maximum Gasteiger partial charge on any atom is 0.279 e. The molecule has 4 aromatic rings. The Morgan fingerprint density at radius 3 is 2.67 bits per heavy atom. The van der Waals surface area contributed by atoms with E-state index in [1.54, 1.807) is 10.9 Å². The minimum absolute atomic E-state index is 0.261. The summed E-state index contributed by atoms with van der Waals surface area (Å²) >= 11 is 3.64. The van der Waals surface area contributed by atoms with Gasteiger partial charge in [-0.15, -0.1) is 16.4 Å². The fourth-order valence-electron chi connectivity index (χ4n) is 2.50. The van der Waals surface area contributed by atoms with Crippen LogP contribution in [0.5, 0.6) is 0 Å². The number of rotatable bonds is 5. The van der Waals surface area contributed by atoms with Crippen LogP contribution in [0.1, 0.15) is 16.1 Å². The van der Waals surface area contributed by atoms with E-state index in [1.165, 1.54) is 14.9 Å². The topological polar surface area (TPSA) is 72.7 Å². The van der Waals surface area contributed by atoms with Crippen LogP contribution < -0.4 is 5.32 Å². The zero-order chi connectivity index (χ0) is 18.6. The second-order valence-electron chi connectivity index (χ2n) is 5.79. The van der Waals surface area contributed by atoms with Gasteiger partial charge in [0.2, 0.25) is 0 Å². The molecule has 0 spiro atoms. The minimum atomic E-state index is -0.321. The fraction of sp³-hybridized carbons (Fsp3) is 0.0526. The van der Waals surface area contributed by atoms with E-state index in [1.807, 2.05) is 60.0 Å². The molecule has 27 heavy (non-hydrogen) atoms. The van der Waals surface area contributed by atoms with Crippen molar-refractivity contribution in [2.45, 2.75) is 6.54 Å². The molecular formula is C19H14IN5OS. The van der Waals surface area contributed by atoms with Crippen molar-refractivity contribution >= 4 is 45.0 Å². The number of nitrogens with one attached hydrogen (secondary N) is 1. The highest BCUT2D eigenvalue weighted by molar-refractivity contribution is 14.1. The van der Waals surface area contributed by atoms with E-state index in [-0.39, 0.29) is 11.6 Å². The summed E-state index contributed by atoms with van der Waals surface area (Å²) in [7, 11) is 0. The molecule has 1 N–H and O–H groups in total. The fourth-order valence-corrected chi connectivity index (χ4v) is 3.57. The number of aromatic nitrogens is 4. The smallest absolute Gasteiger partial charge is 0.279 e. The molecule has 134 valence electrons. The van der Waals surface area contributed by atoms with Crippen molar-refractivity contribution in [1.29, 1.82) is 0 Å². The van der Waals surface area contributed by atoms with E-state index in [2.05, 4.69) is 43.2 Å². The van der Waals surface area contributed by atoms with Gasteiger partial charge in [-0.2, -0.15) is 0 Å². The lowest BCUT2D eigenvalue weighted by atomic mass is 10.2. The zero-order valence-electron chi connectivity index (χ0n) is 14.0. The first-order chi connectivity index (χ1) is 13.2. The molecule has 0 aliphatic rings. The Labute approximate surface area is 173 Å². The van der Waals surface area contributed by atoms with Gasteiger partial charge in [0.25, 0.3) is 5.91 Å². The molecule has 2 heterocycles. The van der Waals surface area contributed by atoms with Gasteiger partial charge in [-0.05, 0) is 40.3 Å². The molecule has 2 aromatic heterocycles. The van der Waals surface area contributed by atoms with Crippen molar-refractivity contribution < 1.29 is 4.79 Å². The second-order valence-corrected chi connectivity index (χ2v) is 7.89. The van der Waals surface area contributed by atoms with Gasteiger partial charge in [0, 0.05) is 14.5 Å². The number of amides is 1. The molecule has 2 aromatic carbocycles. The van der Waals surface area contributed by atoms with Crippen LogP contribution in [0.4, 0.5) is 5.13 Å². The van der Waals surface area contributed by atoms with Crippen LogP contribution in [0.25, 0.3) is 11.3 Å². The molecule has 0 aliphatic heterocycles. The summed E-state index contributed by atoms with van der Waals surface area (Å²) in [5.74, 6) is -0.321. The zero-order valence-corrected chi connectivity index (χ0v) is 17.0. The summed E-state index contributed by atoms with van der Waals surface area (Å²) in [5, 5.41) is 13.2. The Hall–Kier alpha value is -2.59. The van der Waals surface area contributed by atoms with E-state index >= 15 is 0 Å². The Morgan fingerprint density at radius 1 is 1.11 bits per heavy atom. The average Bonchev–Trinajstić information content (AvgIpc) is 3.33. The van der Waals surface area contributed by atoms with Crippen molar-refractivity contribution in [3.63, 3.8) is 0 Å². The van der Waals surface area contributed by atoms with Crippen LogP contribution in [0, 0.1) is 3.57 Å². The average molecular weight is 487 g/mol. The summed E-state index contributed by atoms with van der Waals surface area (Å²) in [5.41, 5.74) is 3.20. The van der Waals surface area contributed by atoms with Crippen molar-refractivity contribution in [2.24, 2.45) is 0 Å². The number of carbonyl (C=O) groups excluding carboxylic acids is 1. The lowest BCUT2D eigenvalue weighted by molar-refractivity contribution is 0.102. The van der Waals surface area contributed by atoms with Gasteiger partial charge in [0.1, 0.15) is 0 Å². The number of benzene rings is 2. The van der Waals surface area contributed by atoms with Crippen LogP contribution in [-0.4, -0.2) is 25.9 Å². The van der Waals surface area contributed by atoms with Crippen molar-refractivity contribution in [3.05, 3.63) is 81.0 Å². The molecule has 1 amide bonds. The lowest BCUT2D eigenvalue weighted by Gasteiger charge is -1.99. The summed E-state index contributed by atoms with van der Waals surface area (Å²) in [6, 6.07) is 18.0. The molecule has 0 unspecified atom stereocenters. The summed E-state index contributed by atoms with van der Waals surface area (Å²) in [6.45, 7) is 0.565. The maximum atomic E-state index is 12.4. The molecule has 0 bridgehead atoms. The third-order valence-corrected chi connectivity index (χ3v) is 5.30. The highest BCUT2D eigenvalue weighted by Gasteiger charge is 2.14. The Balaban J connectivity index is 1.43. The molecular weight excluding hydrogens is 473 g/mol. The van der Waals surface area contributed by atoms with Crippen LogP contribution in [0.2, 0.25) is 0 Å². The van der Waals surface area contributed by atoms with Gasteiger partial charge in [0.05, 0.1) is 18.4 Å². The second kappa shape index (κ2) is 7.97. The Bertz CT molecular complexity index is 1060. The van der Waals surface area contributed by atoms with E-state index in [9.17, 15) is 4.79 Å². The number of halogens is 1. The number of carbonyl (C=O) groups is 1. The maximum absolute atomic E-state index is 12.4. The van der Waals surface area contributed by atoms with Crippen molar-refractivity contribution in [2.75, 3.05) is 5.32 Å². The molecule has 6 nitrogen and oxygen atoms in total. The van der Waals surface area contributed by atoms with Crippen LogP contribution in [0.3, 0.4) is 0 Å². The van der Waals surface area contributed by atoms with Crippen LogP contribution >= 0.6 is 33.9 Å². The highest BCUT2D eigenvalue weighted by Crippen LogP contribution is 2.25. The molecule has 0 saturated heterocycles. The number of thiazole rings is 1. The van der Waals surface area contributed by atoms with Gasteiger partial charge in [-0.3, -0.25) is 10.1 Å². The van der Waals surface area contributed by atoms with Gasteiger partial charge >= 0.3 is 0 Å². The summed E-state index contributed by atoms with van der Waals surface area (Å²) in [6.07, 6.45) is 1.63. The quantitative estimate of drug-likeness (QED) is 0.426. The van der Waals surface area contributed by atoms with E-state index in [0.717, 1.165) is 16.8 Å². The third kappa shape index (κ3) is 4.40. The molecule has 8 heteroatoms. The molecule has 0 fully saturated rings. The van der Waals surface area contributed by atoms with Crippen LogP contribution in [-0.2, 0) is 6.54 Å². The lowest BCUT2D eigenvalue weighted by Crippen LogP contribution is -2.12. The normalized spacial score (nSPS) is 10.7. The van der Waals surface area contributed by atoms with Gasteiger partial charge < -0.3 is 0 Å². The number of nitrogens with zero attached hydrogens (tertiary/aromatic N) is 4. The first kappa shape index (κ1) is 17.8. The summed E-state index contributed by atoms with van der Waals surface area (Å²) < 4.78 is 2.81. The van der Waals surface area contributed by atoms with Crippen molar-refractivity contribution in [3.8, 4) is 11.3 Å². The molecule has 0 saturated carbocycles. The largest absolute Gasteiger partial charge is 0.296 e. The first-order valence-electron chi connectivity index (χ1n) is 8.14. The molecule has 4 rings (SSSR count). The molecule has 0 radical (unpaired) electrons. The SMILES string of the molecule is O=C(Nc1nc(-c2ccc(I)cc2)cs1)c1cn(Cc2ccccc2)nn1. The highest BCUT2D eigenvalue weighted by atomic mass is 127. The third-order valence-electron chi connectivity index (χ3n) is 3.82. The minimum Gasteiger partial charge on any atom is -0.296 e. The van der Waals surface area contributed by atoms with E-state index in [0.29, 0.717) is 11.7 Å². The Kier molecular flexibility index (Phi) is 5.26. The molecule has 0 aliphatic carbocycles. The Morgan fingerprint density at radius 2 is 1.89 bits per heavy atom. The number of hydrogen-bond donors (Lipinski definition) is 1. The predicted molar refractivity (Wildman–Crippen MR) is 114 cm³/mol. The first-order valence-corrected chi connectivity index (χ1v) is 10.1. The summed E-state index contributed by atoms with van der Waals surface area (Å²) in [4.78, 5) is 16.9.